The third-order valence-electron chi connectivity index (χ3n) is 3.81. The van der Waals surface area contributed by atoms with Crippen LogP contribution in [-0.2, 0) is 11.3 Å². The van der Waals surface area contributed by atoms with Gasteiger partial charge in [-0.25, -0.2) is 4.98 Å². The van der Waals surface area contributed by atoms with Gasteiger partial charge in [0.05, 0.1) is 17.2 Å². The summed E-state index contributed by atoms with van der Waals surface area (Å²) in [5, 5.41) is 16.4. The van der Waals surface area contributed by atoms with Gasteiger partial charge in [-0.15, -0.1) is 11.3 Å². The number of ether oxygens (including phenoxy) is 1. The van der Waals surface area contributed by atoms with Crippen LogP contribution >= 0.6 is 11.3 Å². The van der Waals surface area contributed by atoms with Crippen LogP contribution in [0.2, 0.25) is 0 Å². The summed E-state index contributed by atoms with van der Waals surface area (Å²) in [5.41, 5.74) is 2.78. The number of hydrogen-bond acceptors (Lipinski definition) is 6. The third kappa shape index (κ3) is 4.68. The number of carbonyl (C=O) groups excluding carboxylic acids is 1. The first-order chi connectivity index (χ1) is 13.0. The Balaban J connectivity index is 1.55. The zero-order valence-electron chi connectivity index (χ0n) is 14.5. The molecule has 2 aromatic carbocycles. The van der Waals surface area contributed by atoms with E-state index in [9.17, 15) is 14.9 Å². The molecule has 0 bridgehead atoms. The van der Waals surface area contributed by atoms with Crippen LogP contribution in [0.15, 0.2) is 53.9 Å². The van der Waals surface area contributed by atoms with E-state index in [1.165, 1.54) is 23.5 Å². The third-order valence-corrected chi connectivity index (χ3v) is 4.74. The summed E-state index contributed by atoms with van der Waals surface area (Å²) in [4.78, 5) is 26.9. The highest BCUT2D eigenvalue weighted by molar-refractivity contribution is 7.13. The summed E-state index contributed by atoms with van der Waals surface area (Å²) in [6, 6.07) is 13.9. The molecule has 0 saturated carbocycles. The number of carbonyl (C=O) groups is 1. The van der Waals surface area contributed by atoms with Gasteiger partial charge in [0.2, 0.25) is 0 Å². The predicted octanol–water partition coefficient (Wildman–Crippen LogP) is 3.72. The largest absolute Gasteiger partial charge is 0.477 e. The first-order valence-corrected chi connectivity index (χ1v) is 9.06. The molecule has 0 aliphatic carbocycles. The summed E-state index contributed by atoms with van der Waals surface area (Å²) in [5.74, 6) is -0.313. The van der Waals surface area contributed by atoms with Crippen molar-refractivity contribution in [3.63, 3.8) is 0 Å². The molecular weight excluding hydrogens is 366 g/mol. The maximum atomic E-state index is 12.0. The number of nitrogens with one attached hydrogen (secondary N) is 1. The molecule has 0 aliphatic rings. The monoisotopic (exact) mass is 383 g/mol. The summed E-state index contributed by atoms with van der Waals surface area (Å²) >= 11 is 1.52. The Hall–Kier alpha value is -3.26. The molecule has 0 aliphatic heterocycles. The minimum Gasteiger partial charge on any atom is -0.477 e. The van der Waals surface area contributed by atoms with Gasteiger partial charge in [-0.05, 0) is 18.6 Å². The number of amides is 1. The van der Waals surface area contributed by atoms with Gasteiger partial charge in [0.25, 0.3) is 5.91 Å². The number of benzene rings is 2. The highest BCUT2D eigenvalue weighted by Crippen LogP contribution is 2.27. The molecule has 138 valence electrons. The molecule has 3 aromatic rings. The zero-order chi connectivity index (χ0) is 19.2. The zero-order valence-corrected chi connectivity index (χ0v) is 15.4. The average Bonchev–Trinajstić information content (AvgIpc) is 3.14. The number of nitro groups is 1. The Morgan fingerprint density at radius 1 is 1.22 bits per heavy atom. The molecule has 1 amide bonds. The van der Waals surface area contributed by atoms with E-state index in [0.29, 0.717) is 0 Å². The van der Waals surface area contributed by atoms with Crippen LogP contribution in [0.4, 0.5) is 5.69 Å². The molecule has 0 saturated heterocycles. The van der Waals surface area contributed by atoms with Crippen LogP contribution in [0, 0.1) is 17.0 Å². The Kier molecular flexibility index (Phi) is 5.77. The van der Waals surface area contributed by atoms with E-state index in [0.717, 1.165) is 21.8 Å². The van der Waals surface area contributed by atoms with Gasteiger partial charge < -0.3 is 10.1 Å². The smallest absolute Gasteiger partial charge is 0.310 e. The van der Waals surface area contributed by atoms with E-state index in [1.807, 2.05) is 36.6 Å². The molecule has 0 unspecified atom stereocenters. The van der Waals surface area contributed by atoms with Crippen molar-refractivity contribution in [3.8, 4) is 16.3 Å². The lowest BCUT2D eigenvalue weighted by Gasteiger charge is -2.07. The first kappa shape index (κ1) is 18.5. The number of aromatic nitrogens is 1. The van der Waals surface area contributed by atoms with Crippen molar-refractivity contribution in [3.05, 3.63) is 75.3 Å². The van der Waals surface area contributed by atoms with E-state index in [-0.39, 0.29) is 30.5 Å². The molecule has 7 nitrogen and oxygen atoms in total. The lowest BCUT2D eigenvalue weighted by Crippen LogP contribution is -2.28. The lowest BCUT2D eigenvalue weighted by molar-refractivity contribution is -0.385. The van der Waals surface area contributed by atoms with Crippen molar-refractivity contribution in [2.45, 2.75) is 13.5 Å². The molecule has 1 N–H and O–H groups in total. The topological polar surface area (TPSA) is 94.4 Å². The average molecular weight is 383 g/mol. The van der Waals surface area contributed by atoms with E-state index in [4.69, 9.17) is 4.74 Å². The molecule has 0 fully saturated rings. The van der Waals surface area contributed by atoms with Gasteiger partial charge in [0.15, 0.2) is 12.4 Å². The highest BCUT2D eigenvalue weighted by Gasteiger charge is 2.15. The van der Waals surface area contributed by atoms with Gasteiger partial charge in [0.1, 0.15) is 5.01 Å². The number of thiazole rings is 1. The highest BCUT2D eigenvalue weighted by atomic mass is 32.1. The van der Waals surface area contributed by atoms with Crippen LogP contribution in [-0.4, -0.2) is 22.4 Å². The van der Waals surface area contributed by atoms with Crippen LogP contribution in [0.3, 0.4) is 0 Å². The summed E-state index contributed by atoms with van der Waals surface area (Å²) in [6.45, 7) is 1.99. The Morgan fingerprint density at radius 2 is 1.96 bits per heavy atom. The predicted molar refractivity (Wildman–Crippen MR) is 103 cm³/mol. The van der Waals surface area contributed by atoms with Crippen molar-refractivity contribution >= 4 is 22.9 Å². The molecule has 1 aromatic heterocycles. The Morgan fingerprint density at radius 3 is 2.74 bits per heavy atom. The summed E-state index contributed by atoms with van der Waals surface area (Å²) in [6.07, 6.45) is 0. The molecular formula is C19H17N3O4S. The van der Waals surface area contributed by atoms with Gasteiger partial charge in [0, 0.05) is 17.0 Å². The number of nitro benzene ring substituents is 1. The lowest BCUT2D eigenvalue weighted by atomic mass is 10.1. The second-order valence-electron chi connectivity index (χ2n) is 5.75. The van der Waals surface area contributed by atoms with Gasteiger partial charge in [-0.1, -0.05) is 36.4 Å². The number of nitrogens with zero attached hydrogens (tertiary/aromatic N) is 2. The van der Waals surface area contributed by atoms with Crippen molar-refractivity contribution in [1.29, 1.82) is 0 Å². The van der Waals surface area contributed by atoms with Gasteiger partial charge in [-0.3, -0.25) is 14.9 Å². The van der Waals surface area contributed by atoms with Crippen LogP contribution in [0.5, 0.6) is 5.75 Å². The minimum absolute atomic E-state index is 0.0631. The van der Waals surface area contributed by atoms with E-state index in [1.54, 1.807) is 12.1 Å². The quantitative estimate of drug-likeness (QED) is 0.496. The Labute approximate surface area is 159 Å². The van der Waals surface area contributed by atoms with Gasteiger partial charge >= 0.3 is 5.69 Å². The fourth-order valence-corrected chi connectivity index (χ4v) is 3.35. The van der Waals surface area contributed by atoms with E-state index >= 15 is 0 Å². The van der Waals surface area contributed by atoms with Crippen molar-refractivity contribution in [2.24, 2.45) is 0 Å². The molecule has 8 heteroatoms. The van der Waals surface area contributed by atoms with E-state index in [2.05, 4.69) is 10.3 Å². The number of aryl methyl sites for hydroxylation is 1. The molecule has 0 spiro atoms. The molecule has 1 heterocycles. The molecule has 0 radical (unpaired) electrons. The fraction of sp³-hybridized carbons (Fsp3) is 0.158. The number of rotatable bonds is 7. The van der Waals surface area contributed by atoms with Crippen molar-refractivity contribution < 1.29 is 14.5 Å². The van der Waals surface area contributed by atoms with Crippen molar-refractivity contribution in [1.82, 2.24) is 10.3 Å². The number of hydrogen-bond donors (Lipinski definition) is 1. The first-order valence-electron chi connectivity index (χ1n) is 8.18. The van der Waals surface area contributed by atoms with Crippen molar-refractivity contribution in [2.75, 3.05) is 6.61 Å². The van der Waals surface area contributed by atoms with Crippen LogP contribution in [0.1, 0.15) is 11.3 Å². The minimum atomic E-state index is -0.546. The van der Waals surface area contributed by atoms with E-state index < -0.39 is 4.92 Å². The Bertz CT molecular complexity index is 971. The number of para-hydroxylation sites is 2. The SMILES string of the molecule is Cc1ccccc1-c1nc(CNC(=O)COc2ccccc2[N+](=O)[O-])cs1. The van der Waals surface area contributed by atoms with Crippen LogP contribution < -0.4 is 10.1 Å². The maximum absolute atomic E-state index is 12.0. The molecule has 0 atom stereocenters. The fourth-order valence-electron chi connectivity index (χ4n) is 2.44. The van der Waals surface area contributed by atoms with Crippen LogP contribution in [0.25, 0.3) is 10.6 Å². The second kappa shape index (κ2) is 8.41. The maximum Gasteiger partial charge on any atom is 0.310 e. The summed E-state index contributed by atoms with van der Waals surface area (Å²) in [7, 11) is 0. The summed E-state index contributed by atoms with van der Waals surface area (Å²) < 4.78 is 5.27. The van der Waals surface area contributed by atoms with Gasteiger partial charge in [-0.2, -0.15) is 0 Å². The second-order valence-corrected chi connectivity index (χ2v) is 6.61. The normalized spacial score (nSPS) is 10.4. The molecule has 27 heavy (non-hydrogen) atoms. The molecule has 3 rings (SSSR count). The standard InChI is InChI=1S/C19H17N3O4S/c1-13-6-2-3-7-15(13)19-21-14(12-27-19)10-20-18(23)11-26-17-9-5-4-8-16(17)22(24)25/h2-9,12H,10-11H2,1H3,(H,20,23).